The van der Waals surface area contributed by atoms with Gasteiger partial charge in [-0.25, -0.2) is 0 Å². The van der Waals surface area contributed by atoms with Gasteiger partial charge >= 0.3 is 0 Å². The fourth-order valence-electron chi connectivity index (χ4n) is 3.42. The third-order valence-electron chi connectivity index (χ3n) is 4.77. The van der Waals surface area contributed by atoms with Crippen LogP contribution in [0.3, 0.4) is 0 Å². The van der Waals surface area contributed by atoms with Gasteiger partial charge in [0.25, 0.3) is 0 Å². The number of aromatic nitrogens is 1. The van der Waals surface area contributed by atoms with Crippen LogP contribution in [0.5, 0.6) is 11.5 Å². The smallest absolute Gasteiger partial charge is 0.118 e. The Kier molecular flexibility index (Phi) is 4.36. The highest BCUT2D eigenvalue weighted by atomic mass is 16.5. The molecular weight excluding hydrogens is 322 g/mol. The van der Waals surface area contributed by atoms with Crippen molar-refractivity contribution in [1.29, 1.82) is 0 Å². The Morgan fingerprint density at radius 1 is 0.654 bits per heavy atom. The maximum absolute atomic E-state index is 5.32. The van der Waals surface area contributed by atoms with Gasteiger partial charge in [0.05, 0.1) is 20.3 Å². The fraction of sp³-hybridized carbons (Fsp3) is 0.130. The number of nitrogens with zero attached hydrogens (tertiary/aromatic N) is 1. The minimum atomic E-state index is 0.0757. The number of para-hydroxylation sites is 1. The molecule has 3 nitrogen and oxygen atoms in total. The van der Waals surface area contributed by atoms with Crippen molar-refractivity contribution in [2.75, 3.05) is 14.2 Å². The van der Waals surface area contributed by atoms with E-state index in [-0.39, 0.29) is 6.04 Å². The van der Waals surface area contributed by atoms with Gasteiger partial charge in [-0.3, -0.25) is 0 Å². The maximum Gasteiger partial charge on any atom is 0.118 e. The first-order valence-electron chi connectivity index (χ1n) is 8.63. The van der Waals surface area contributed by atoms with Crippen LogP contribution < -0.4 is 9.47 Å². The van der Waals surface area contributed by atoms with E-state index in [0.29, 0.717) is 0 Å². The Morgan fingerprint density at radius 3 is 1.73 bits per heavy atom. The molecule has 0 aliphatic rings. The van der Waals surface area contributed by atoms with E-state index < -0.39 is 0 Å². The van der Waals surface area contributed by atoms with E-state index in [4.69, 9.17) is 9.47 Å². The van der Waals surface area contributed by atoms with Crippen molar-refractivity contribution in [2.45, 2.75) is 6.04 Å². The van der Waals surface area contributed by atoms with Gasteiger partial charge in [0.1, 0.15) is 11.5 Å². The van der Waals surface area contributed by atoms with Gasteiger partial charge in [-0.05, 0) is 52.9 Å². The molecule has 0 saturated heterocycles. The first-order valence-corrected chi connectivity index (χ1v) is 8.63. The lowest BCUT2D eigenvalue weighted by Gasteiger charge is -2.22. The molecule has 4 rings (SSSR count). The molecule has 3 aromatic carbocycles. The summed E-state index contributed by atoms with van der Waals surface area (Å²) >= 11 is 0. The van der Waals surface area contributed by atoms with Crippen LogP contribution in [0, 0.1) is 0 Å². The van der Waals surface area contributed by atoms with Gasteiger partial charge in [0.15, 0.2) is 0 Å². The zero-order valence-corrected chi connectivity index (χ0v) is 14.9. The number of hydrogen-bond donors (Lipinski definition) is 0. The Hall–Kier alpha value is -3.20. The lowest BCUT2D eigenvalue weighted by Crippen LogP contribution is -2.11. The fourth-order valence-corrected chi connectivity index (χ4v) is 3.42. The highest BCUT2D eigenvalue weighted by Gasteiger charge is 2.18. The van der Waals surface area contributed by atoms with Gasteiger partial charge < -0.3 is 14.0 Å². The van der Waals surface area contributed by atoms with Crippen molar-refractivity contribution in [3.8, 4) is 11.5 Å². The van der Waals surface area contributed by atoms with E-state index in [2.05, 4.69) is 65.4 Å². The third-order valence-corrected chi connectivity index (χ3v) is 4.77. The van der Waals surface area contributed by atoms with Crippen molar-refractivity contribution in [1.82, 2.24) is 4.57 Å². The first-order chi connectivity index (χ1) is 12.8. The summed E-state index contributed by atoms with van der Waals surface area (Å²) < 4.78 is 13.0. The molecular formula is C23H21NO2. The number of hydrogen-bond acceptors (Lipinski definition) is 2. The van der Waals surface area contributed by atoms with E-state index in [9.17, 15) is 0 Å². The molecule has 130 valence electrons. The molecule has 0 aliphatic carbocycles. The summed E-state index contributed by atoms with van der Waals surface area (Å²) in [6.07, 6.45) is 2.16. The van der Waals surface area contributed by atoms with E-state index in [1.807, 2.05) is 24.3 Å². The second kappa shape index (κ2) is 6.96. The largest absolute Gasteiger partial charge is 0.497 e. The number of rotatable bonds is 5. The van der Waals surface area contributed by atoms with E-state index in [1.165, 1.54) is 22.0 Å². The highest BCUT2D eigenvalue weighted by Crippen LogP contribution is 2.32. The SMILES string of the molecule is COc1ccc(C(c2ccc(OC)cc2)n2ccc3ccccc32)cc1. The van der Waals surface area contributed by atoms with Crippen molar-refractivity contribution < 1.29 is 9.47 Å². The van der Waals surface area contributed by atoms with Crippen LogP contribution in [0.15, 0.2) is 85.1 Å². The summed E-state index contributed by atoms with van der Waals surface area (Å²) in [6, 6.07) is 27.3. The van der Waals surface area contributed by atoms with E-state index >= 15 is 0 Å². The van der Waals surface area contributed by atoms with Gasteiger partial charge in [-0.2, -0.15) is 0 Å². The molecule has 1 heterocycles. The molecule has 0 bridgehead atoms. The Morgan fingerprint density at radius 2 is 1.19 bits per heavy atom. The predicted octanol–water partition coefficient (Wildman–Crippen LogP) is 5.30. The van der Waals surface area contributed by atoms with Gasteiger partial charge in [0, 0.05) is 11.7 Å². The Balaban J connectivity index is 1.87. The maximum atomic E-state index is 5.32. The summed E-state index contributed by atoms with van der Waals surface area (Å²) in [6.45, 7) is 0. The molecule has 0 saturated carbocycles. The number of ether oxygens (including phenoxy) is 2. The topological polar surface area (TPSA) is 23.4 Å². The molecule has 0 amide bonds. The van der Waals surface area contributed by atoms with Crippen molar-refractivity contribution in [3.63, 3.8) is 0 Å². The summed E-state index contributed by atoms with van der Waals surface area (Å²) in [5, 5.41) is 1.24. The van der Waals surface area contributed by atoms with Crippen LogP contribution in [0.2, 0.25) is 0 Å². The zero-order valence-electron chi connectivity index (χ0n) is 14.9. The second-order valence-electron chi connectivity index (χ2n) is 6.23. The first kappa shape index (κ1) is 16.3. The van der Waals surface area contributed by atoms with Crippen LogP contribution in [0.4, 0.5) is 0 Å². The van der Waals surface area contributed by atoms with Crippen molar-refractivity contribution in [2.24, 2.45) is 0 Å². The van der Waals surface area contributed by atoms with E-state index in [1.54, 1.807) is 14.2 Å². The second-order valence-corrected chi connectivity index (χ2v) is 6.23. The average molecular weight is 343 g/mol. The molecule has 0 fully saturated rings. The molecule has 0 unspecified atom stereocenters. The quantitative estimate of drug-likeness (QED) is 0.491. The van der Waals surface area contributed by atoms with Gasteiger partial charge in [-0.1, -0.05) is 42.5 Å². The molecule has 0 aliphatic heterocycles. The molecule has 0 atom stereocenters. The predicted molar refractivity (Wildman–Crippen MR) is 105 cm³/mol. The Bertz CT molecular complexity index is 953. The molecule has 1 aromatic heterocycles. The van der Waals surface area contributed by atoms with Crippen molar-refractivity contribution >= 4 is 10.9 Å². The lowest BCUT2D eigenvalue weighted by atomic mass is 9.98. The zero-order chi connectivity index (χ0) is 17.9. The van der Waals surface area contributed by atoms with Crippen LogP contribution in [0.25, 0.3) is 10.9 Å². The molecule has 4 aromatic rings. The van der Waals surface area contributed by atoms with Gasteiger partial charge in [-0.15, -0.1) is 0 Å². The van der Waals surface area contributed by atoms with E-state index in [0.717, 1.165) is 11.5 Å². The summed E-state index contributed by atoms with van der Waals surface area (Å²) in [5.74, 6) is 1.72. The molecule has 0 spiro atoms. The summed E-state index contributed by atoms with van der Waals surface area (Å²) in [5.41, 5.74) is 3.62. The summed E-state index contributed by atoms with van der Waals surface area (Å²) in [4.78, 5) is 0. The molecule has 0 radical (unpaired) electrons. The molecule has 26 heavy (non-hydrogen) atoms. The standard InChI is InChI=1S/C23H21NO2/c1-25-20-11-7-18(8-12-20)23(19-9-13-21(26-2)14-10-19)24-16-15-17-5-3-4-6-22(17)24/h3-16,23H,1-2H3. The van der Waals surface area contributed by atoms with Crippen LogP contribution in [-0.2, 0) is 0 Å². The van der Waals surface area contributed by atoms with Gasteiger partial charge in [0.2, 0.25) is 0 Å². The Labute approximate surface area is 153 Å². The molecule has 3 heteroatoms. The molecule has 0 N–H and O–H groups in total. The third kappa shape index (κ3) is 2.93. The minimum absolute atomic E-state index is 0.0757. The lowest BCUT2D eigenvalue weighted by molar-refractivity contribution is 0.414. The van der Waals surface area contributed by atoms with Crippen LogP contribution in [-0.4, -0.2) is 18.8 Å². The minimum Gasteiger partial charge on any atom is -0.497 e. The summed E-state index contributed by atoms with van der Waals surface area (Å²) in [7, 11) is 3.38. The monoisotopic (exact) mass is 343 g/mol. The van der Waals surface area contributed by atoms with Crippen LogP contribution >= 0.6 is 0 Å². The van der Waals surface area contributed by atoms with Crippen molar-refractivity contribution in [3.05, 3.63) is 96.2 Å². The van der Waals surface area contributed by atoms with Crippen LogP contribution in [0.1, 0.15) is 17.2 Å². The highest BCUT2D eigenvalue weighted by molar-refractivity contribution is 5.80. The number of benzene rings is 3. The number of fused-ring (bicyclic) bond motifs is 1. The average Bonchev–Trinajstić information content (AvgIpc) is 3.13. The normalized spacial score (nSPS) is 11.0. The number of methoxy groups -OCH3 is 2.